The van der Waals surface area contributed by atoms with E-state index in [2.05, 4.69) is 10.6 Å². The minimum atomic E-state index is -0.123. The van der Waals surface area contributed by atoms with Crippen molar-refractivity contribution >= 4 is 17.3 Å². The summed E-state index contributed by atoms with van der Waals surface area (Å²) in [6, 6.07) is 14.8. The van der Waals surface area contributed by atoms with Gasteiger partial charge in [0.05, 0.1) is 6.61 Å². The number of nitrogens with one attached hydrogen (secondary N) is 2. The lowest BCUT2D eigenvalue weighted by Gasteiger charge is -2.08. The highest BCUT2D eigenvalue weighted by Crippen LogP contribution is 2.17. The Bertz CT molecular complexity index is 577. The molecule has 0 aliphatic rings. The average Bonchev–Trinajstić information content (AvgIpc) is 2.50. The normalized spacial score (nSPS) is 10.0. The standard InChI is InChI=1S/C17H20N2O2/c1-3-18-14-7-5-13(6-8-14)17(20)19-15-9-11-16(12-10-15)21-4-2/h5-12,18H,3-4H2,1-2H3,(H,19,20). The summed E-state index contributed by atoms with van der Waals surface area (Å²) in [6.07, 6.45) is 0. The number of hydrogen-bond acceptors (Lipinski definition) is 3. The van der Waals surface area contributed by atoms with Crippen LogP contribution in [0.3, 0.4) is 0 Å². The topological polar surface area (TPSA) is 50.4 Å². The molecule has 4 nitrogen and oxygen atoms in total. The van der Waals surface area contributed by atoms with Gasteiger partial charge in [-0.1, -0.05) is 0 Å². The van der Waals surface area contributed by atoms with Gasteiger partial charge in [-0.3, -0.25) is 4.79 Å². The van der Waals surface area contributed by atoms with Crippen molar-refractivity contribution in [3.63, 3.8) is 0 Å². The predicted octanol–water partition coefficient (Wildman–Crippen LogP) is 3.77. The van der Waals surface area contributed by atoms with Gasteiger partial charge in [-0.25, -0.2) is 0 Å². The van der Waals surface area contributed by atoms with Crippen molar-refractivity contribution in [2.75, 3.05) is 23.8 Å². The Balaban J connectivity index is 2.00. The second-order valence-electron chi connectivity index (χ2n) is 4.52. The lowest BCUT2D eigenvalue weighted by Crippen LogP contribution is -2.11. The van der Waals surface area contributed by atoms with Crippen molar-refractivity contribution < 1.29 is 9.53 Å². The summed E-state index contributed by atoms with van der Waals surface area (Å²) in [7, 11) is 0. The molecule has 1 amide bonds. The fraction of sp³-hybridized carbons (Fsp3) is 0.235. The zero-order chi connectivity index (χ0) is 15.1. The van der Waals surface area contributed by atoms with Crippen LogP contribution in [0.25, 0.3) is 0 Å². The molecule has 2 rings (SSSR count). The molecule has 0 atom stereocenters. The molecule has 0 unspecified atom stereocenters. The van der Waals surface area contributed by atoms with Crippen LogP contribution in [0.4, 0.5) is 11.4 Å². The molecular weight excluding hydrogens is 264 g/mol. The summed E-state index contributed by atoms with van der Waals surface area (Å²) >= 11 is 0. The number of ether oxygens (including phenoxy) is 1. The lowest BCUT2D eigenvalue weighted by atomic mass is 10.2. The van der Waals surface area contributed by atoms with Gasteiger partial charge in [-0.15, -0.1) is 0 Å². The number of carbonyl (C=O) groups is 1. The molecule has 2 N–H and O–H groups in total. The molecule has 0 heterocycles. The lowest BCUT2D eigenvalue weighted by molar-refractivity contribution is 0.102. The number of carbonyl (C=O) groups excluding carboxylic acids is 1. The fourth-order valence-electron chi connectivity index (χ4n) is 1.95. The largest absolute Gasteiger partial charge is 0.494 e. The highest BCUT2D eigenvalue weighted by atomic mass is 16.5. The van der Waals surface area contributed by atoms with Crippen LogP contribution >= 0.6 is 0 Å². The number of anilines is 2. The van der Waals surface area contributed by atoms with Crippen molar-refractivity contribution in [2.45, 2.75) is 13.8 Å². The first kappa shape index (κ1) is 14.9. The molecule has 0 bridgehead atoms. The van der Waals surface area contributed by atoms with Gasteiger partial charge in [0.25, 0.3) is 5.91 Å². The molecular formula is C17H20N2O2. The summed E-state index contributed by atoms with van der Waals surface area (Å²) in [5.41, 5.74) is 2.39. The molecule has 0 radical (unpaired) electrons. The maximum Gasteiger partial charge on any atom is 0.255 e. The van der Waals surface area contributed by atoms with E-state index in [4.69, 9.17) is 4.74 Å². The van der Waals surface area contributed by atoms with Gasteiger partial charge in [0.15, 0.2) is 0 Å². The van der Waals surface area contributed by atoms with Crippen LogP contribution in [0.5, 0.6) is 5.75 Å². The number of amides is 1. The molecule has 4 heteroatoms. The summed E-state index contributed by atoms with van der Waals surface area (Å²) in [6.45, 7) is 5.46. The van der Waals surface area contributed by atoms with Crippen LogP contribution in [0, 0.1) is 0 Å². The van der Waals surface area contributed by atoms with E-state index in [-0.39, 0.29) is 5.91 Å². The molecule has 0 aromatic heterocycles. The van der Waals surface area contributed by atoms with Crippen molar-refractivity contribution in [1.82, 2.24) is 0 Å². The molecule has 0 fully saturated rings. The van der Waals surface area contributed by atoms with Gasteiger partial charge >= 0.3 is 0 Å². The predicted molar refractivity (Wildman–Crippen MR) is 86.2 cm³/mol. The van der Waals surface area contributed by atoms with Gasteiger partial charge < -0.3 is 15.4 Å². The smallest absolute Gasteiger partial charge is 0.255 e. The zero-order valence-electron chi connectivity index (χ0n) is 12.3. The first-order valence-electron chi connectivity index (χ1n) is 7.11. The van der Waals surface area contributed by atoms with Gasteiger partial charge in [0.2, 0.25) is 0 Å². The van der Waals surface area contributed by atoms with Crippen molar-refractivity contribution in [1.29, 1.82) is 0 Å². The van der Waals surface area contributed by atoms with Crippen molar-refractivity contribution in [3.05, 3.63) is 54.1 Å². The Morgan fingerprint density at radius 3 is 2.14 bits per heavy atom. The third kappa shape index (κ3) is 4.24. The van der Waals surface area contributed by atoms with E-state index < -0.39 is 0 Å². The Hall–Kier alpha value is -2.49. The van der Waals surface area contributed by atoms with E-state index >= 15 is 0 Å². The van der Waals surface area contributed by atoms with Crippen LogP contribution in [-0.4, -0.2) is 19.1 Å². The van der Waals surface area contributed by atoms with E-state index in [1.807, 2.05) is 62.4 Å². The number of hydrogen-bond donors (Lipinski definition) is 2. The van der Waals surface area contributed by atoms with Gasteiger partial charge in [0.1, 0.15) is 5.75 Å². The van der Waals surface area contributed by atoms with Crippen LogP contribution < -0.4 is 15.4 Å². The Labute approximate surface area is 125 Å². The van der Waals surface area contributed by atoms with E-state index in [1.165, 1.54) is 0 Å². The van der Waals surface area contributed by atoms with E-state index in [0.29, 0.717) is 12.2 Å². The highest BCUT2D eigenvalue weighted by Gasteiger charge is 2.06. The Morgan fingerprint density at radius 1 is 0.952 bits per heavy atom. The third-order valence-corrected chi connectivity index (χ3v) is 2.95. The van der Waals surface area contributed by atoms with E-state index in [9.17, 15) is 4.79 Å². The molecule has 2 aromatic rings. The summed E-state index contributed by atoms with van der Waals surface area (Å²) in [5, 5.41) is 6.06. The Kier molecular flexibility index (Phi) is 5.21. The molecule has 0 saturated heterocycles. The minimum Gasteiger partial charge on any atom is -0.494 e. The summed E-state index contributed by atoms with van der Waals surface area (Å²) in [5.74, 6) is 0.674. The second-order valence-corrected chi connectivity index (χ2v) is 4.52. The van der Waals surface area contributed by atoms with Crippen molar-refractivity contribution in [2.24, 2.45) is 0 Å². The van der Waals surface area contributed by atoms with Crippen LogP contribution in [0.2, 0.25) is 0 Å². The fourth-order valence-corrected chi connectivity index (χ4v) is 1.95. The van der Waals surface area contributed by atoms with Gasteiger partial charge in [0, 0.05) is 23.5 Å². The monoisotopic (exact) mass is 284 g/mol. The van der Waals surface area contributed by atoms with Gasteiger partial charge in [-0.2, -0.15) is 0 Å². The maximum absolute atomic E-state index is 12.1. The molecule has 0 spiro atoms. The van der Waals surface area contributed by atoms with Crippen LogP contribution in [0.15, 0.2) is 48.5 Å². The highest BCUT2D eigenvalue weighted by molar-refractivity contribution is 6.04. The minimum absolute atomic E-state index is 0.123. The van der Waals surface area contributed by atoms with Crippen LogP contribution in [-0.2, 0) is 0 Å². The van der Waals surface area contributed by atoms with Crippen LogP contribution in [0.1, 0.15) is 24.2 Å². The Morgan fingerprint density at radius 2 is 1.57 bits per heavy atom. The average molecular weight is 284 g/mol. The van der Waals surface area contributed by atoms with E-state index in [1.54, 1.807) is 0 Å². The first-order chi connectivity index (χ1) is 10.2. The van der Waals surface area contributed by atoms with Gasteiger partial charge in [-0.05, 0) is 62.4 Å². The summed E-state index contributed by atoms with van der Waals surface area (Å²) in [4.78, 5) is 12.1. The molecule has 0 saturated carbocycles. The first-order valence-corrected chi connectivity index (χ1v) is 7.11. The third-order valence-electron chi connectivity index (χ3n) is 2.95. The molecule has 0 aliphatic heterocycles. The number of rotatable bonds is 6. The van der Waals surface area contributed by atoms with E-state index in [0.717, 1.165) is 23.7 Å². The summed E-state index contributed by atoms with van der Waals surface area (Å²) < 4.78 is 5.37. The molecule has 2 aromatic carbocycles. The molecule has 0 aliphatic carbocycles. The quantitative estimate of drug-likeness (QED) is 0.849. The zero-order valence-corrected chi connectivity index (χ0v) is 12.3. The molecule has 21 heavy (non-hydrogen) atoms. The molecule has 110 valence electrons. The number of benzene rings is 2. The SMILES string of the molecule is CCNc1ccc(C(=O)Nc2ccc(OCC)cc2)cc1. The van der Waals surface area contributed by atoms with Crippen molar-refractivity contribution in [3.8, 4) is 5.75 Å². The second kappa shape index (κ2) is 7.33. The maximum atomic E-state index is 12.1.